The van der Waals surface area contributed by atoms with Crippen LogP contribution in [0.3, 0.4) is 0 Å². The van der Waals surface area contributed by atoms with Crippen LogP contribution in [-0.4, -0.2) is 36.7 Å². The second-order valence-electron chi connectivity index (χ2n) is 4.93. The predicted molar refractivity (Wildman–Crippen MR) is 73.4 cm³/mol. The number of carbonyl (C=O) groups is 2. The first-order valence-corrected chi connectivity index (χ1v) is 6.81. The minimum atomic E-state index is -0.927. The topological polar surface area (TPSA) is 75.6 Å². The highest BCUT2D eigenvalue weighted by Crippen LogP contribution is 2.17. The van der Waals surface area contributed by atoms with Crippen LogP contribution in [0.15, 0.2) is 30.3 Å². The lowest BCUT2D eigenvalue weighted by Crippen LogP contribution is -2.38. The number of rotatable bonds is 5. The van der Waals surface area contributed by atoms with Gasteiger partial charge >= 0.3 is 5.97 Å². The van der Waals surface area contributed by atoms with Gasteiger partial charge in [0.1, 0.15) is 0 Å². The SMILES string of the molecule is O=C(NCC(C(=O)O)c1ccccc1)C1CCOCC1. The molecule has 1 aliphatic heterocycles. The first kappa shape index (κ1) is 14.5. The van der Waals surface area contributed by atoms with E-state index >= 15 is 0 Å². The van der Waals surface area contributed by atoms with Gasteiger partial charge in [-0.15, -0.1) is 0 Å². The highest BCUT2D eigenvalue weighted by atomic mass is 16.5. The van der Waals surface area contributed by atoms with Crippen LogP contribution in [0.4, 0.5) is 0 Å². The van der Waals surface area contributed by atoms with Crippen molar-refractivity contribution in [2.45, 2.75) is 18.8 Å². The second kappa shape index (κ2) is 7.05. The van der Waals surface area contributed by atoms with E-state index < -0.39 is 11.9 Å². The summed E-state index contributed by atoms with van der Waals surface area (Å²) in [5.74, 6) is -1.77. The molecule has 1 unspecified atom stereocenters. The number of ether oxygens (including phenoxy) is 1. The van der Waals surface area contributed by atoms with E-state index in [9.17, 15) is 14.7 Å². The highest BCUT2D eigenvalue weighted by Gasteiger charge is 2.24. The molecule has 1 heterocycles. The number of nitrogens with one attached hydrogen (secondary N) is 1. The summed E-state index contributed by atoms with van der Waals surface area (Å²) in [6.45, 7) is 1.31. The maximum absolute atomic E-state index is 12.0. The molecule has 108 valence electrons. The summed E-state index contributed by atoms with van der Waals surface area (Å²) in [4.78, 5) is 23.3. The monoisotopic (exact) mass is 277 g/mol. The van der Waals surface area contributed by atoms with Gasteiger partial charge in [0.05, 0.1) is 5.92 Å². The Bertz CT molecular complexity index is 454. The molecule has 0 bridgehead atoms. The zero-order valence-corrected chi connectivity index (χ0v) is 11.2. The maximum atomic E-state index is 12.0. The number of carbonyl (C=O) groups excluding carboxylic acids is 1. The fourth-order valence-electron chi connectivity index (χ4n) is 2.34. The number of hydrogen-bond donors (Lipinski definition) is 2. The van der Waals surface area contributed by atoms with Gasteiger partial charge in [-0.05, 0) is 18.4 Å². The van der Waals surface area contributed by atoms with E-state index in [1.54, 1.807) is 24.3 Å². The molecule has 0 saturated carbocycles. The number of benzene rings is 1. The van der Waals surface area contributed by atoms with Crippen molar-refractivity contribution < 1.29 is 19.4 Å². The Morgan fingerprint density at radius 1 is 1.25 bits per heavy atom. The van der Waals surface area contributed by atoms with Gasteiger partial charge in [0.25, 0.3) is 0 Å². The normalized spacial score (nSPS) is 17.4. The van der Waals surface area contributed by atoms with E-state index in [0.717, 1.165) is 0 Å². The Morgan fingerprint density at radius 3 is 2.50 bits per heavy atom. The molecule has 2 N–H and O–H groups in total. The summed E-state index contributed by atoms with van der Waals surface area (Å²) in [6.07, 6.45) is 1.41. The Balaban J connectivity index is 1.92. The molecule has 0 aromatic heterocycles. The minimum absolute atomic E-state index is 0.0611. The standard InChI is InChI=1S/C15H19NO4/c17-14(12-6-8-20-9-7-12)16-10-13(15(18)19)11-4-2-1-3-5-11/h1-5,12-13H,6-10H2,(H,16,17)(H,18,19). The van der Waals surface area contributed by atoms with Crippen molar-refractivity contribution in [2.75, 3.05) is 19.8 Å². The zero-order valence-electron chi connectivity index (χ0n) is 11.2. The number of hydrogen-bond acceptors (Lipinski definition) is 3. The largest absolute Gasteiger partial charge is 0.481 e. The van der Waals surface area contributed by atoms with Gasteiger partial charge in [-0.25, -0.2) is 0 Å². The quantitative estimate of drug-likeness (QED) is 0.853. The summed E-state index contributed by atoms with van der Waals surface area (Å²) in [5.41, 5.74) is 0.701. The van der Waals surface area contributed by atoms with Gasteiger partial charge in [-0.3, -0.25) is 9.59 Å². The van der Waals surface area contributed by atoms with Gasteiger partial charge in [0.15, 0.2) is 0 Å². The van der Waals surface area contributed by atoms with Crippen LogP contribution in [0.2, 0.25) is 0 Å². The van der Waals surface area contributed by atoms with Crippen molar-refractivity contribution in [3.05, 3.63) is 35.9 Å². The molecule has 1 aromatic rings. The third-order valence-electron chi connectivity index (χ3n) is 3.57. The van der Waals surface area contributed by atoms with Crippen LogP contribution in [0.1, 0.15) is 24.3 Å². The van der Waals surface area contributed by atoms with Gasteiger partial charge in [0, 0.05) is 25.7 Å². The average Bonchev–Trinajstić information content (AvgIpc) is 2.49. The summed E-state index contributed by atoms with van der Waals surface area (Å²) >= 11 is 0. The molecule has 0 aliphatic carbocycles. The van der Waals surface area contributed by atoms with E-state index in [-0.39, 0.29) is 18.4 Å². The van der Waals surface area contributed by atoms with Gasteiger partial charge in [-0.2, -0.15) is 0 Å². The van der Waals surface area contributed by atoms with Crippen LogP contribution in [0.25, 0.3) is 0 Å². The molecule has 20 heavy (non-hydrogen) atoms. The van der Waals surface area contributed by atoms with Crippen LogP contribution < -0.4 is 5.32 Å². The molecule has 0 radical (unpaired) electrons. The number of amides is 1. The molecular formula is C15H19NO4. The Hall–Kier alpha value is -1.88. The number of carboxylic acid groups (broad SMARTS) is 1. The zero-order chi connectivity index (χ0) is 14.4. The molecule has 1 saturated heterocycles. The van der Waals surface area contributed by atoms with Crippen LogP contribution in [0, 0.1) is 5.92 Å². The van der Waals surface area contributed by atoms with Crippen molar-refractivity contribution in [3.8, 4) is 0 Å². The molecule has 5 nitrogen and oxygen atoms in total. The lowest BCUT2D eigenvalue weighted by atomic mass is 9.97. The highest BCUT2D eigenvalue weighted by molar-refractivity contribution is 5.81. The molecule has 1 aliphatic rings. The maximum Gasteiger partial charge on any atom is 0.312 e. The predicted octanol–water partition coefficient (Wildman–Crippen LogP) is 1.40. The average molecular weight is 277 g/mol. The number of aliphatic carboxylic acids is 1. The van der Waals surface area contributed by atoms with Crippen LogP contribution >= 0.6 is 0 Å². The Morgan fingerprint density at radius 2 is 1.90 bits per heavy atom. The molecular weight excluding hydrogens is 258 g/mol. The van der Waals surface area contributed by atoms with Crippen molar-refractivity contribution >= 4 is 11.9 Å². The third kappa shape index (κ3) is 3.81. The van der Waals surface area contributed by atoms with E-state index in [4.69, 9.17) is 4.74 Å². The first-order valence-electron chi connectivity index (χ1n) is 6.81. The fourth-order valence-corrected chi connectivity index (χ4v) is 2.34. The lowest BCUT2D eigenvalue weighted by molar-refractivity contribution is -0.138. The summed E-state index contributed by atoms with van der Waals surface area (Å²) in [6, 6.07) is 8.96. The Labute approximate surface area is 117 Å². The first-order chi connectivity index (χ1) is 9.68. The molecule has 0 spiro atoms. The molecule has 5 heteroatoms. The molecule has 1 atom stereocenters. The summed E-state index contributed by atoms with van der Waals surface area (Å²) < 4.78 is 5.21. The van der Waals surface area contributed by atoms with Crippen molar-refractivity contribution in [2.24, 2.45) is 5.92 Å². The lowest BCUT2D eigenvalue weighted by Gasteiger charge is -2.22. The molecule has 1 aromatic carbocycles. The molecule has 2 rings (SSSR count). The van der Waals surface area contributed by atoms with Gasteiger partial charge in [-0.1, -0.05) is 30.3 Å². The van der Waals surface area contributed by atoms with Crippen LogP contribution in [-0.2, 0) is 14.3 Å². The number of carboxylic acids is 1. The van der Waals surface area contributed by atoms with E-state index in [2.05, 4.69) is 5.32 Å². The Kier molecular flexibility index (Phi) is 5.12. The van der Waals surface area contributed by atoms with Gasteiger partial charge in [0.2, 0.25) is 5.91 Å². The van der Waals surface area contributed by atoms with Crippen molar-refractivity contribution in [1.29, 1.82) is 0 Å². The minimum Gasteiger partial charge on any atom is -0.481 e. The third-order valence-corrected chi connectivity index (χ3v) is 3.57. The smallest absolute Gasteiger partial charge is 0.312 e. The van der Waals surface area contributed by atoms with E-state index in [1.165, 1.54) is 0 Å². The van der Waals surface area contributed by atoms with E-state index in [0.29, 0.717) is 31.6 Å². The van der Waals surface area contributed by atoms with E-state index in [1.807, 2.05) is 6.07 Å². The van der Waals surface area contributed by atoms with Crippen molar-refractivity contribution in [1.82, 2.24) is 5.32 Å². The van der Waals surface area contributed by atoms with Crippen molar-refractivity contribution in [3.63, 3.8) is 0 Å². The van der Waals surface area contributed by atoms with Gasteiger partial charge < -0.3 is 15.2 Å². The molecule has 1 amide bonds. The summed E-state index contributed by atoms with van der Waals surface area (Å²) in [5, 5.41) is 12.0. The molecule has 1 fully saturated rings. The van der Waals surface area contributed by atoms with Crippen LogP contribution in [0.5, 0.6) is 0 Å². The fraction of sp³-hybridized carbons (Fsp3) is 0.467. The summed E-state index contributed by atoms with van der Waals surface area (Å²) in [7, 11) is 0. The second-order valence-corrected chi connectivity index (χ2v) is 4.93.